The molecule has 1 fully saturated rings. The second kappa shape index (κ2) is 9.55. The van der Waals surface area contributed by atoms with Gasteiger partial charge in [0.2, 0.25) is 5.96 Å². The molecular formula is C22H25ClF3N7S. The SMILES string of the molecule is CN(C)C1=CC(N)(c2ccc(SC(F)(F)F)c(Cl)c2)N=C(N2CCN(c3ccccn3)CC2)N1. The number of nitrogens with one attached hydrogen (secondary N) is 1. The molecule has 1 aromatic heterocycles. The Morgan fingerprint density at radius 3 is 2.41 bits per heavy atom. The summed E-state index contributed by atoms with van der Waals surface area (Å²) >= 11 is 5.93. The maximum Gasteiger partial charge on any atom is 0.446 e. The van der Waals surface area contributed by atoms with Gasteiger partial charge in [0.05, 0.1) is 5.02 Å². The van der Waals surface area contributed by atoms with Crippen molar-refractivity contribution < 1.29 is 13.2 Å². The van der Waals surface area contributed by atoms with Crippen molar-refractivity contribution in [3.8, 4) is 0 Å². The van der Waals surface area contributed by atoms with Crippen molar-refractivity contribution >= 4 is 35.1 Å². The van der Waals surface area contributed by atoms with Gasteiger partial charge in [-0.25, -0.2) is 9.98 Å². The van der Waals surface area contributed by atoms with Crippen LogP contribution in [0.5, 0.6) is 0 Å². The molecule has 2 aromatic rings. The first kappa shape index (κ1) is 24.5. The van der Waals surface area contributed by atoms with E-state index in [2.05, 4.69) is 20.1 Å². The maximum absolute atomic E-state index is 12.8. The second-order valence-corrected chi connectivity index (χ2v) is 9.68. The number of aliphatic imine (C=N–C) groups is 1. The predicted molar refractivity (Wildman–Crippen MR) is 130 cm³/mol. The van der Waals surface area contributed by atoms with Crippen LogP contribution in [0.15, 0.2) is 64.4 Å². The van der Waals surface area contributed by atoms with Gasteiger partial charge in [0.1, 0.15) is 11.6 Å². The minimum absolute atomic E-state index is 0.0243. The lowest BCUT2D eigenvalue weighted by Crippen LogP contribution is -2.56. The number of piperazine rings is 1. The fraction of sp³-hybridized carbons (Fsp3) is 0.364. The zero-order valence-electron chi connectivity index (χ0n) is 18.7. The van der Waals surface area contributed by atoms with Crippen LogP contribution < -0.4 is 16.0 Å². The average Bonchev–Trinajstić information content (AvgIpc) is 2.80. The largest absolute Gasteiger partial charge is 0.446 e. The highest BCUT2D eigenvalue weighted by Gasteiger charge is 2.35. The zero-order chi connectivity index (χ0) is 24.5. The van der Waals surface area contributed by atoms with Crippen LogP contribution in [0.25, 0.3) is 0 Å². The Balaban J connectivity index is 1.58. The number of anilines is 1. The molecule has 3 N–H and O–H groups in total. The molecule has 1 atom stereocenters. The van der Waals surface area contributed by atoms with Gasteiger partial charge in [0, 0.05) is 57.4 Å². The number of hydrogen-bond acceptors (Lipinski definition) is 8. The molecule has 0 saturated carbocycles. The molecule has 7 nitrogen and oxygen atoms in total. The number of rotatable bonds is 4. The van der Waals surface area contributed by atoms with Crippen molar-refractivity contribution in [2.45, 2.75) is 16.1 Å². The molecule has 4 rings (SSSR count). The molecule has 182 valence electrons. The average molecular weight is 512 g/mol. The predicted octanol–water partition coefficient (Wildman–Crippen LogP) is 3.64. The van der Waals surface area contributed by atoms with Crippen LogP contribution in [-0.4, -0.2) is 66.5 Å². The van der Waals surface area contributed by atoms with Gasteiger partial charge in [-0.1, -0.05) is 23.7 Å². The maximum atomic E-state index is 12.8. The van der Waals surface area contributed by atoms with E-state index in [4.69, 9.17) is 22.3 Å². The van der Waals surface area contributed by atoms with Gasteiger partial charge in [-0.3, -0.25) is 5.73 Å². The summed E-state index contributed by atoms with van der Waals surface area (Å²) in [5, 5.41) is 3.30. The zero-order valence-corrected chi connectivity index (χ0v) is 20.3. The summed E-state index contributed by atoms with van der Waals surface area (Å²) in [5.74, 6) is 2.25. The Morgan fingerprint density at radius 1 is 1.12 bits per heavy atom. The third kappa shape index (κ3) is 5.53. The van der Waals surface area contributed by atoms with E-state index in [0.717, 1.165) is 24.7 Å². The molecule has 1 unspecified atom stereocenters. The lowest BCUT2D eigenvalue weighted by atomic mass is 9.99. The number of benzene rings is 1. The first-order valence-electron chi connectivity index (χ1n) is 10.6. The molecule has 34 heavy (non-hydrogen) atoms. The molecule has 2 aliphatic heterocycles. The first-order valence-corrected chi connectivity index (χ1v) is 11.8. The van der Waals surface area contributed by atoms with Crippen molar-refractivity contribution in [3.63, 3.8) is 0 Å². The lowest BCUT2D eigenvalue weighted by Gasteiger charge is -2.41. The Hall–Kier alpha value is -2.63. The smallest absolute Gasteiger partial charge is 0.364 e. The van der Waals surface area contributed by atoms with E-state index in [1.807, 2.05) is 37.2 Å². The molecule has 0 bridgehead atoms. The fourth-order valence-corrected chi connectivity index (χ4v) is 4.62. The highest BCUT2D eigenvalue weighted by molar-refractivity contribution is 8.00. The molecular weight excluding hydrogens is 487 g/mol. The molecule has 2 aliphatic rings. The standard InChI is InChI=1S/C22H25ClF3N7S/c1-31(2)19-14-21(27,15-6-7-17(16(23)13-15)34-22(24,25)26)30-20(29-19)33-11-9-32(10-12-33)18-5-3-4-8-28-18/h3-8,13-14H,9-12,27H2,1-2H3,(H,29,30). The first-order chi connectivity index (χ1) is 16.0. The number of nitrogens with two attached hydrogens (primary N) is 1. The Labute approximate surface area is 205 Å². The molecule has 12 heteroatoms. The minimum atomic E-state index is -4.43. The van der Waals surface area contributed by atoms with Gasteiger partial charge in [-0.15, -0.1) is 0 Å². The number of thioether (sulfide) groups is 1. The van der Waals surface area contributed by atoms with E-state index in [-0.39, 0.29) is 21.7 Å². The summed E-state index contributed by atoms with van der Waals surface area (Å²) in [7, 11) is 3.74. The van der Waals surface area contributed by atoms with Crippen molar-refractivity contribution in [1.82, 2.24) is 20.1 Å². The number of nitrogens with zero attached hydrogens (tertiary/aromatic N) is 5. The number of hydrogen-bond donors (Lipinski definition) is 2. The van der Waals surface area contributed by atoms with E-state index in [9.17, 15) is 13.2 Å². The Morgan fingerprint density at radius 2 is 1.82 bits per heavy atom. The number of pyridine rings is 1. The van der Waals surface area contributed by atoms with Crippen molar-refractivity contribution in [1.29, 1.82) is 0 Å². The molecule has 0 aliphatic carbocycles. The normalized spacial score (nSPS) is 21.0. The molecule has 0 spiro atoms. The van der Waals surface area contributed by atoms with Crippen LogP contribution in [0, 0.1) is 0 Å². The summed E-state index contributed by atoms with van der Waals surface area (Å²) in [5.41, 5.74) is 1.47. The van der Waals surface area contributed by atoms with E-state index in [1.54, 1.807) is 12.3 Å². The van der Waals surface area contributed by atoms with Gasteiger partial charge in [0.15, 0.2) is 5.66 Å². The molecule has 3 heterocycles. The third-order valence-corrected chi connectivity index (χ3v) is 6.77. The molecule has 1 aromatic carbocycles. The summed E-state index contributed by atoms with van der Waals surface area (Å²) in [6.45, 7) is 2.90. The second-order valence-electron chi connectivity index (χ2n) is 8.16. The van der Waals surface area contributed by atoms with Crippen LogP contribution in [0.1, 0.15) is 5.56 Å². The Kier molecular flexibility index (Phi) is 6.88. The fourth-order valence-electron chi connectivity index (χ4n) is 3.78. The van der Waals surface area contributed by atoms with E-state index >= 15 is 0 Å². The molecule has 1 saturated heterocycles. The summed E-state index contributed by atoms with van der Waals surface area (Å²) in [4.78, 5) is 15.3. The van der Waals surface area contributed by atoms with Crippen molar-refractivity contribution in [3.05, 3.63) is 65.1 Å². The van der Waals surface area contributed by atoms with Crippen LogP contribution >= 0.6 is 23.4 Å². The number of aromatic nitrogens is 1. The highest BCUT2D eigenvalue weighted by Crippen LogP contribution is 2.41. The minimum Gasteiger partial charge on any atom is -0.364 e. The monoisotopic (exact) mass is 511 g/mol. The van der Waals surface area contributed by atoms with Gasteiger partial charge >= 0.3 is 5.51 Å². The third-order valence-electron chi connectivity index (χ3n) is 5.54. The Bertz CT molecular complexity index is 1090. The van der Waals surface area contributed by atoms with Crippen LogP contribution in [0.3, 0.4) is 0 Å². The number of alkyl halides is 3. The van der Waals surface area contributed by atoms with Gasteiger partial charge in [0.25, 0.3) is 0 Å². The summed E-state index contributed by atoms with van der Waals surface area (Å²) in [6.07, 6.45) is 3.51. The van der Waals surface area contributed by atoms with E-state index in [1.165, 1.54) is 18.2 Å². The number of halogens is 4. The number of guanidine groups is 1. The topological polar surface area (TPSA) is 73.0 Å². The van der Waals surface area contributed by atoms with Crippen LogP contribution in [-0.2, 0) is 5.66 Å². The van der Waals surface area contributed by atoms with Gasteiger partial charge < -0.3 is 20.0 Å². The van der Waals surface area contributed by atoms with Gasteiger partial charge in [-0.05, 0) is 41.6 Å². The summed E-state index contributed by atoms with van der Waals surface area (Å²) < 4.78 is 38.4. The van der Waals surface area contributed by atoms with Crippen LogP contribution in [0.2, 0.25) is 5.02 Å². The quantitative estimate of drug-likeness (QED) is 0.607. The molecule has 0 radical (unpaired) electrons. The lowest BCUT2D eigenvalue weighted by molar-refractivity contribution is -0.0328. The van der Waals surface area contributed by atoms with E-state index in [0.29, 0.717) is 24.6 Å². The van der Waals surface area contributed by atoms with E-state index < -0.39 is 11.2 Å². The van der Waals surface area contributed by atoms with Gasteiger partial charge in [-0.2, -0.15) is 13.2 Å². The van der Waals surface area contributed by atoms with Crippen molar-refractivity contribution in [2.75, 3.05) is 45.2 Å². The highest BCUT2D eigenvalue weighted by atomic mass is 35.5. The van der Waals surface area contributed by atoms with Crippen molar-refractivity contribution in [2.24, 2.45) is 10.7 Å². The summed E-state index contributed by atoms with van der Waals surface area (Å²) in [6, 6.07) is 10.1. The van der Waals surface area contributed by atoms with Crippen LogP contribution in [0.4, 0.5) is 19.0 Å². The molecule has 0 amide bonds.